The maximum atomic E-state index is 12.2. The molecule has 0 bridgehead atoms. The molecular weight excluding hydrogens is 262 g/mol. The van der Waals surface area contributed by atoms with E-state index in [0.717, 1.165) is 23.2 Å². The van der Waals surface area contributed by atoms with Crippen LogP contribution in [0.3, 0.4) is 0 Å². The van der Waals surface area contributed by atoms with Gasteiger partial charge in [-0.3, -0.25) is 4.79 Å². The van der Waals surface area contributed by atoms with Crippen molar-refractivity contribution in [3.05, 3.63) is 29.3 Å². The van der Waals surface area contributed by atoms with Crippen molar-refractivity contribution in [3.63, 3.8) is 0 Å². The molecule has 0 unspecified atom stereocenters. The smallest absolute Gasteiger partial charge is 0.242 e. The Kier molecular flexibility index (Phi) is 6.32. The van der Waals surface area contributed by atoms with Crippen molar-refractivity contribution in [1.82, 2.24) is 0 Å². The largest absolute Gasteiger partial charge is 0.383 e. The van der Waals surface area contributed by atoms with E-state index in [1.807, 2.05) is 26.0 Å². The molecule has 0 spiro atoms. The van der Waals surface area contributed by atoms with Gasteiger partial charge in [-0.15, -0.1) is 11.6 Å². The first-order valence-electron chi connectivity index (χ1n) is 6.52. The molecule has 0 aliphatic heterocycles. The molecular formula is C15H22ClNO2. The monoisotopic (exact) mass is 283 g/mol. The lowest BCUT2D eigenvalue weighted by Gasteiger charge is -2.31. The maximum absolute atomic E-state index is 12.2. The van der Waals surface area contributed by atoms with Crippen molar-refractivity contribution in [2.75, 3.05) is 24.5 Å². The molecule has 1 atom stereocenters. The summed E-state index contributed by atoms with van der Waals surface area (Å²) in [5, 5.41) is 0. The second-order valence-corrected chi connectivity index (χ2v) is 4.91. The summed E-state index contributed by atoms with van der Waals surface area (Å²) in [5.74, 6) is -0.110. The lowest BCUT2D eigenvalue weighted by Crippen LogP contribution is -2.43. The molecule has 0 aromatic heterocycles. The number of hydrogen-bond acceptors (Lipinski definition) is 2. The molecule has 1 amide bonds. The summed E-state index contributed by atoms with van der Waals surface area (Å²) >= 11 is 5.76. The highest BCUT2D eigenvalue weighted by molar-refractivity contribution is 6.29. The third-order valence-electron chi connectivity index (χ3n) is 3.17. The van der Waals surface area contributed by atoms with Crippen LogP contribution in [0.25, 0.3) is 0 Å². The molecule has 1 aromatic carbocycles. The summed E-state index contributed by atoms with van der Waals surface area (Å²) in [6, 6.07) is 6.05. The van der Waals surface area contributed by atoms with Gasteiger partial charge in [0.1, 0.15) is 5.88 Å². The van der Waals surface area contributed by atoms with E-state index in [2.05, 4.69) is 13.0 Å². The van der Waals surface area contributed by atoms with Gasteiger partial charge in [-0.1, -0.05) is 25.1 Å². The molecule has 0 fully saturated rings. The van der Waals surface area contributed by atoms with Crippen LogP contribution in [0.4, 0.5) is 5.69 Å². The van der Waals surface area contributed by atoms with Gasteiger partial charge in [0.2, 0.25) is 5.91 Å². The van der Waals surface area contributed by atoms with Crippen molar-refractivity contribution in [1.29, 1.82) is 0 Å². The topological polar surface area (TPSA) is 29.5 Å². The Bertz CT molecular complexity index is 434. The van der Waals surface area contributed by atoms with Crippen molar-refractivity contribution < 1.29 is 9.53 Å². The molecule has 19 heavy (non-hydrogen) atoms. The Hall–Kier alpha value is -1.06. The van der Waals surface area contributed by atoms with Gasteiger partial charge in [0.15, 0.2) is 0 Å². The highest BCUT2D eigenvalue weighted by Gasteiger charge is 2.24. The van der Waals surface area contributed by atoms with Crippen LogP contribution in [0.2, 0.25) is 0 Å². The van der Waals surface area contributed by atoms with E-state index in [1.54, 1.807) is 12.0 Å². The number of carbonyl (C=O) groups is 1. The Labute approximate surface area is 120 Å². The van der Waals surface area contributed by atoms with Gasteiger partial charge in [-0.2, -0.15) is 0 Å². The van der Waals surface area contributed by atoms with Crippen LogP contribution in [-0.4, -0.2) is 31.5 Å². The minimum Gasteiger partial charge on any atom is -0.383 e. The fourth-order valence-electron chi connectivity index (χ4n) is 2.32. The van der Waals surface area contributed by atoms with Crippen LogP contribution in [0.15, 0.2) is 18.2 Å². The number of methoxy groups -OCH3 is 1. The number of anilines is 1. The predicted molar refractivity (Wildman–Crippen MR) is 80.1 cm³/mol. The molecule has 4 heteroatoms. The molecule has 0 N–H and O–H groups in total. The summed E-state index contributed by atoms with van der Waals surface area (Å²) in [5.41, 5.74) is 3.21. The second-order valence-electron chi connectivity index (χ2n) is 4.64. The van der Waals surface area contributed by atoms with Crippen LogP contribution >= 0.6 is 11.6 Å². The molecule has 1 aromatic rings. The van der Waals surface area contributed by atoms with Crippen molar-refractivity contribution >= 4 is 23.2 Å². The highest BCUT2D eigenvalue weighted by Crippen LogP contribution is 2.28. The zero-order chi connectivity index (χ0) is 14.4. The van der Waals surface area contributed by atoms with Gasteiger partial charge in [-0.25, -0.2) is 0 Å². The quantitative estimate of drug-likeness (QED) is 0.751. The summed E-state index contributed by atoms with van der Waals surface area (Å²) in [6.07, 6.45) is 0.878. The highest BCUT2D eigenvalue weighted by atomic mass is 35.5. The standard InChI is InChI=1S/C15H22ClNO2/c1-5-13-8-6-7-11(2)15(13)17(14(18)9-16)12(3)10-19-4/h6-8,12H,5,9-10H2,1-4H3/t12-/m1/s1. The van der Waals surface area contributed by atoms with Crippen LogP contribution in [0.1, 0.15) is 25.0 Å². The van der Waals surface area contributed by atoms with E-state index < -0.39 is 0 Å². The van der Waals surface area contributed by atoms with Crippen LogP contribution < -0.4 is 4.90 Å². The van der Waals surface area contributed by atoms with Gasteiger partial charge in [0.25, 0.3) is 0 Å². The Balaban J connectivity index is 3.28. The number of hydrogen-bond donors (Lipinski definition) is 0. The van der Waals surface area contributed by atoms with E-state index >= 15 is 0 Å². The molecule has 0 heterocycles. The first-order chi connectivity index (χ1) is 9.06. The molecule has 0 aliphatic rings. The average Bonchev–Trinajstić information content (AvgIpc) is 2.40. The number of carbonyl (C=O) groups excluding carboxylic acids is 1. The third kappa shape index (κ3) is 3.71. The number of benzene rings is 1. The molecule has 0 radical (unpaired) electrons. The Morgan fingerprint density at radius 2 is 2.16 bits per heavy atom. The van der Waals surface area contributed by atoms with Crippen LogP contribution in [0.5, 0.6) is 0 Å². The van der Waals surface area contributed by atoms with Gasteiger partial charge in [0, 0.05) is 7.11 Å². The average molecular weight is 284 g/mol. The SMILES string of the molecule is CCc1cccc(C)c1N(C(=O)CCl)[C@H](C)COC. The second kappa shape index (κ2) is 7.51. The minimum atomic E-state index is -0.0878. The molecule has 3 nitrogen and oxygen atoms in total. The van der Waals surface area contributed by atoms with E-state index in [0.29, 0.717) is 6.61 Å². The molecule has 0 saturated heterocycles. The fraction of sp³-hybridized carbons (Fsp3) is 0.533. The Morgan fingerprint density at radius 3 is 2.68 bits per heavy atom. The predicted octanol–water partition coefficient (Wildman–Crippen LogP) is 3.16. The first-order valence-corrected chi connectivity index (χ1v) is 7.05. The molecule has 106 valence electrons. The summed E-state index contributed by atoms with van der Waals surface area (Å²) in [6.45, 7) is 6.56. The van der Waals surface area contributed by atoms with Gasteiger partial charge >= 0.3 is 0 Å². The van der Waals surface area contributed by atoms with Crippen LogP contribution in [0, 0.1) is 6.92 Å². The normalized spacial score (nSPS) is 12.3. The van der Waals surface area contributed by atoms with E-state index in [1.165, 1.54) is 0 Å². The lowest BCUT2D eigenvalue weighted by molar-refractivity contribution is -0.116. The first kappa shape index (κ1) is 16.0. The number of rotatable bonds is 6. The number of halogens is 1. The number of ether oxygens (including phenoxy) is 1. The number of alkyl halides is 1. The molecule has 0 aliphatic carbocycles. The maximum Gasteiger partial charge on any atom is 0.242 e. The third-order valence-corrected chi connectivity index (χ3v) is 3.40. The van der Waals surface area contributed by atoms with E-state index in [-0.39, 0.29) is 17.8 Å². The van der Waals surface area contributed by atoms with E-state index in [4.69, 9.17) is 16.3 Å². The van der Waals surface area contributed by atoms with Crippen molar-refractivity contribution in [2.24, 2.45) is 0 Å². The van der Waals surface area contributed by atoms with Gasteiger partial charge in [0.05, 0.1) is 18.3 Å². The van der Waals surface area contributed by atoms with E-state index in [9.17, 15) is 4.79 Å². The lowest BCUT2D eigenvalue weighted by atomic mass is 10.0. The number of para-hydroxylation sites is 1. The molecule has 1 rings (SSSR count). The summed E-state index contributed by atoms with van der Waals surface area (Å²) in [4.78, 5) is 14.0. The minimum absolute atomic E-state index is 0.0223. The number of nitrogens with zero attached hydrogens (tertiary/aromatic N) is 1. The molecule has 0 saturated carbocycles. The number of amides is 1. The van der Waals surface area contributed by atoms with Gasteiger partial charge in [-0.05, 0) is 31.4 Å². The summed E-state index contributed by atoms with van der Waals surface area (Å²) in [7, 11) is 1.64. The van der Waals surface area contributed by atoms with Gasteiger partial charge < -0.3 is 9.64 Å². The fourth-order valence-corrected chi connectivity index (χ4v) is 2.45. The zero-order valence-corrected chi connectivity index (χ0v) is 12.8. The number of aryl methyl sites for hydroxylation is 2. The van der Waals surface area contributed by atoms with Crippen molar-refractivity contribution in [3.8, 4) is 0 Å². The van der Waals surface area contributed by atoms with Crippen LogP contribution in [-0.2, 0) is 16.0 Å². The van der Waals surface area contributed by atoms with Crippen molar-refractivity contribution in [2.45, 2.75) is 33.2 Å². The Morgan fingerprint density at radius 1 is 1.47 bits per heavy atom. The zero-order valence-electron chi connectivity index (χ0n) is 12.1. The summed E-state index contributed by atoms with van der Waals surface area (Å²) < 4.78 is 5.18.